The fourth-order valence-electron chi connectivity index (χ4n) is 1.90. The number of carbonyl (C=O) groups excluding carboxylic acids is 1. The van der Waals surface area contributed by atoms with Crippen LogP contribution in [0.4, 0.5) is 0 Å². The number of nitrogens with zero attached hydrogens (tertiary/aromatic N) is 1. The van der Waals surface area contributed by atoms with Gasteiger partial charge in [-0.3, -0.25) is 0 Å². The average molecular weight is 270 g/mol. The van der Waals surface area contributed by atoms with Crippen molar-refractivity contribution in [1.82, 2.24) is 4.98 Å². The van der Waals surface area contributed by atoms with Gasteiger partial charge < -0.3 is 15.2 Å². The van der Waals surface area contributed by atoms with Crippen LogP contribution >= 0.6 is 11.3 Å². The van der Waals surface area contributed by atoms with Gasteiger partial charge in [0.25, 0.3) is 0 Å². The summed E-state index contributed by atoms with van der Waals surface area (Å²) in [6, 6.07) is 0. The summed E-state index contributed by atoms with van der Waals surface area (Å²) in [7, 11) is 0. The number of hydrogen-bond donors (Lipinski definition) is 1. The smallest absolute Gasteiger partial charge is 0.350 e. The molecule has 1 aromatic rings. The molecular formula is C12H18N2O3S. The highest BCUT2D eigenvalue weighted by molar-refractivity contribution is 7.13. The van der Waals surface area contributed by atoms with E-state index >= 15 is 0 Å². The molecule has 0 atom stereocenters. The van der Waals surface area contributed by atoms with Gasteiger partial charge in [0.15, 0.2) is 0 Å². The van der Waals surface area contributed by atoms with Crippen molar-refractivity contribution in [2.45, 2.75) is 26.3 Å². The second-order valence-electron chi connectivity index (χ2n) is 4.38. The van der Waals surface area contributed by atoms with Gasteiger partial charge in [-0.2, -0.15) is 0 Å². The lowest BCUT2D eigenvalue weighted by molar-refractivity contribution is 0.0188. The summed E-state index contributed by atoms with van der Waals surface area (Å²) in [5.74, 6) is 0.140. The number of rotatable bonds is 4. The number of carbonyl (C=O) groups is 1. The van der Waals surface area contributed by atoms with E-state index in [9.17, 15) is 4.79 Å². The predicted octanol–water partition coefficient (Wildman–Crippen LogP) is 1.49. The number of ether oxygens (including phenoxy) is 2. The molecule has 5 nitrogen and oxygen atoms in total. The Morgan fingerprint density at radius 3 is 2.89 bits per heavy atom. The van der Waals surface area contributed by atoms with Crippen LogP contribution in [0.5, 0.6) is 0 Å². The second-order valence-corrected chi connectivity index (χ2v) is 5.46. The van der Waals surface area contributed by atoms with Gasteiger partial charge in [0, 0.05) is 19.8 Å². The average Bonchev–Trinajstić information content (AvgIpc) is 2.78. The van der Waals surface area contributed by atoms with Gasteiger partial charge >= 0.3 is 5.97 Å². The molecule has 0 bridgehead atoms. The van der Waals surface area contributed by atoms with Crippen LogP contribution in [0.25, 0.3) is 0 Å². The van der Waals surface area contributed by atoms with Crippen LogP contribution in [0.1, 0.15) is 33.2 Å². The molecule has 6 heteroatoms. The lowest BCUT2D eigenvalue weighted by Crippen LogP contribution is -2.21. The first-order chi connectivity index (χ1) is 8.70. The number of esters is 1. The first kappa shape index (κ1) is 13.5. The Balaban J connectivity index is 1.88. The molecule has 1 aromatic heterocycles. The highest BCUT2D eigenvalue weighted by atomic mass is 32.1. The van der Waals surface area contributed by atoms with E-state index in [1.807, 2.05) is 0 Å². The van der Waals surface area contributed by atoms with Gasteiger partial charge in [0.05, 0.1) is 12.3 Å². The molecular weight excluding hydrogens is 252 g/mol. The van der Waals surface area contributed by atoms with Crippen LogP contribution < -0.4 is 5.73 Å². The highest BCUT2D eigenvalue weighted by Gasteiger charge is 2.19. The molecule has 0 radical (unpaired) electrons. The van der Waals surface area contributed by atoms with E-state index in [0.717, 1.165) is 31.1 Å². The molecule has 1 saturated heterocycles. The van der Waals surface area contributed by atoms with E-state index in [-0.39, 0.29) is 5.97 Å². The number of hydrogen-bond acceptors (Lipinski definition) is 6. The normalized spacial score (nSPS) is 16.8. The maximum absolute atomic E-state index is 11.9. The van der Waals surface area contributed by atoms with Crippen molar-refractivity contribution < 1.29 is 14.3 Å². The third kappa shape index (κ3) is 3.28. The zero-order chi connectivity index (χ0) is 13.0. The molecule has 0 aromatic carbocycles. The van der Waals surface area contributed by atoms with Gasteiger partial charge in [-0.05, 0) is 25.7 Å². The highest BCUT2D eigenvalue weighted by Crippen LogP contribution is 2.20. The first-order valence-corrected chi connectivity index (χ1v) is 6.93. The van der Waals surface area contributed by atoms with Crippen molar-refractivity contribution in [2.24, 2.45) is 11.7 Å². The second kappa shape index (κ2) is 6.26. The van der Waals surface area contributed by atoms with Crippen LogP contribution in [-0.2, 0) is 16.0 Å². The predicted molar refractivity (Wildman–Crippen MR) is 68.6 cm³/mol. The van der Waals surface area contributed by atoms with E-state index in [2.05, 4.69) is 4.98 Å². The van der Waals surface area contributed by atoms with E-state index in [0.29, 0.717) is 29.6 Å². The monoisotopic (exact) mass is 270 g/mol. The molecule has 0 unspecified atom stereocenters. The Morgan fingerprint density at radius 1 is 1.56 bits per heavy atom. The van der Waals surface area contributed by atoms with Crippen LogP contribution in [0, 0.1) is 12.8 Å². The molecule has 1 aliphatic heterocycles. The zero-order valence-electron chi connectivity index (χ0n) is 10.5. The van der Waals surface area contributed by atoms with Crippen molar-refractivity contribution in [3.63, 3.8) is 0 Å². The molecule has 2 rings (SSSR count). The largest absolute Gasteiger partial charge is 0.461 e. The Labute approximate surface area is 110 Å². The maximum atomic E-state index is 11.9. The Kier molecular flexibility index (Phi) is 4.68. The van der Waals surface area contributed by atoms with Crippen molar-refractivity contribution in [2.75, 3.05) is 19.8 Å². The summed E-state index contributed by atoms with van der Waals surface area (Å²) in [5.41, 5.74) is 6.21. The van der Waals surface area contributed by atoms with E-state index in [1.54, 1.807) is 6.92 Å². The minimum atomic E-state index is -0.281. The molecule has 2 N–H and O–H groups in total. The van der Waals surface area contributed by atoms with Crippen LogP contribution in [0.3, 0.4) is 0 Å². The standard InChI is InChI=1S/C12H18N2O3S/c1-8-11(18-10(6-13)14-8)12(15)17-7-9-2-4-16-5-3-9/h9H,2-7,13H2,1H3. The minimum Gasteiger partial charge on any atom is -0.461 e. The van der Waals surface area contributed by atoms with Gasteiger partial charge in [-0.15, -0.1) is 11.3 Å². The molecule has 1 aliphatic rings. The van der Waals surface area contributed by atoms with Crippen molar-refractivity contribution in [3.8, 4) is 0 Å². The van der Waals surface area contributed by atoms with Crippen molar-refractivity contribution in [1.29, 1.82) is 0 Å². The number of aromatic nitrogens is 1. The van der Waals surface area contributed by atoms with Crippen LogP contribution in [0.2, 0.25) is 0 Å². The fourth-order valence-corrected chi connectivity index (χ4v) is 2.74. The lowest BCUT2D eigenvalue weighted by atomic mass is 10.0. The zero-order valence-corrected chi connectivity index (χ0v) is 11.3. The third-order valence-corrected chi connectivity index (χ3v) is 4.15. The lowest BCUT2D eigenvalue weighted by Gasteiger charge is -2.21. The summed E-state index contributed by atoms with van der Waals surface area (Å²) in [6.45, 7) is 4.16. The molecule has 0 aliphatic carbocycles. The Bertz CT molecular complexity index is 413. The van der Waals surface area contributed by atoms with Crippen molar-refractivity contribution >= 4 is 17.3 Å². The summed E-state index contributed by atoms with van der Waals surface area (Å²) in [6.07, 6.45) is 1.92. The number of thiazole rings is 1. The molecule has 0 saturated carbocycles. The molecule has 0 spiro atoms. The number of nitrogens with two attached hydrogens (primary N) is 1. The summed E-state index contributed by atoms with van der Waals surface area (Å²) >= 11 is 1.32. The SMILES string of the molecule is Cc1nc(CN)sc1C(=O)OCC1CCOCC1. The quantitative estimate of drug-likeness (QED) is 0.839. The number of aryl methyl sites for hydroxylation is 1. The molecule has 18 heavy (non-hydrogen) atoms. The first-order valence-electron chi connectivity index (χ1n) is 6.12. The van der Waals surface area contributed by atoms with Crippen LogP contribution in [-0.4, -0.2) is 30.8 Å². The van der Waals surface area contributed by atoms with E-state index in [1.165, 1.54) is 11.3 Å². The molecule has 2 heterocycles. The van der Waals surface area contributed by atoms with Gasteiger partial charge in [0.1, 0.15) is 9.88 Å². The summed E-state index contributed by atoms with van der Waals surface area (Å²) in [4.78, 5) is 16.7. The third-order valence-electron chi connectivity index (χ3n) is 2.99. The Morgan fingerprint density at radius 2 is 2.28 bits per heavy atom. The van der Waals surface area contributed by atoms with Gasteiger partial charge in [-0.25, -0.2) is 9.78 Å². The minimum absolute atomic E-state index is 0.281. The van der Waals surface area contributed by atoms with Gasteiger partial charge in [-0.1, -0.05) is 0 Å². The van der Waals surface area contributed by atoms with Crippen molar-refractivity contribution in [3.05, 3.63) is 15.6 Å². The molecule has 0 amide bonds. The summed E-state index contributed by atoms with van der Waals surface area (Å²) < 4.78 is 10.6. The van der Waals surface area contributed by atoms with E-state index < -0.39 is 0 Å². The van der Waals surface area contributed by atoms with Gasteiger partial charge in [0.2, 0.25) is 0 Å². The van der Waals surface area contributed by atoms with Crippen LogP contribution in [0.15, 0.2) is 0 Å². The molecule has 1 fully saturated rings. The maximum Gasteiger partial charge on any atom is 0.350 e. The fraction of sp³-hybridized carbons (Fsp3) is 0.667. The topological polar surface area (TPSA) is 74.4 Å². The summed E-state index contributed by atoms with van der Waals surface area (Å²) in [5, 5.41) is 0.769. The Hall–Kier alpha value is -0.980. The van der Waals surface area contributed by atoms with E-state index in [4.69, 9.17) is 15.2 Å². The molecule has 100 valence electrons.